The highest BCUT2D eigenvalue weighted by molar-refractivity contribution is 6.29. The van der Waals surface area contributed by atoms with Crippen LogP contribution in [0, 0.1) is 12.7 Å². The van der Waals surface area contributed by atoms with Crippen molar-refractivity contribution in [3.05, 3.63) is 41.3 Å². The van der Waals surface area contributed by atoms with Crippen LogP contribution in [0.1, 0.15) is 31.1 Å². The van der Waals surface area contributed by atoms with Crippen molar-refractivity contribution in [1.29, 1.82) is 0 Å². The number of benzene rings is 1. The maximum atomic E-state index is 14.5. The van der Waals surface area contributed by atoms with E-state index in [1.165, 1.54) is 18.8 Å². The van der Waals surface area contributed by atoms with E-state index in [0.29, 0.717) is 28.0 Å². The largest absolute Gasteiger partial charge is 0.325 e. The van der Waals surface area contributed by atoms with E-state index in [-0.39, 0.29) is 5.82 Å². The SMILES string of the molecule is Cc1nc2c(F)cc(-c3cc(Cl)ncn3)cc2n1C1CCC1. The first-order valence-corrected chi connectivity index (χ1v) is 7.67. The third-order valence-electron chi connectivity index (χ3n) is 4.29. The molecule has 4 rings (SSSR count). The second kappa shape index (κ2) is 5.02. The molecular weight excluding hydrogens is 303 g/mol. The molecular formula is C16H14ClFN4. The van der Waals surface area contributed by atoms with Crippen LogP contribution >= 0.6 is 11.6 Å². The van der Waals surface area contributed by atoms with E-state index < -0.39 is 0 Å². The van der Waals surface area contributed by atoms with Crippen molar-refractivity contribution in [2.24, 2.45) is 0 Å². The second-order valence-electron chi connectivity index (χ2n) is 5.67. The van der Waals surface area contributed by atoms with Gasteiger partial charge in [0.05, 0.1) is 11.2 Å². The molecule has 0 bridgehead atoms. The van der Waals surface area contributed by atoms with Gasteiger partial charge < -0.3 is 4.57 Å². The Balaban J connectivity index is 1.94. The summed E-state index contributed by atoms with van der Waals surface area (Å²) in [5.41, 5.74) is 2.55. The molecule has 1 aliphatic carbocycles. The molecule has 0 N–H and O–H groups in total. The Labute approximate surface area is 132 Å². The van der Waals surface area contributed by atoms with E-state index in [1.807, 2.05) is 13.0 Å². The number of hydrogen-bond donors (Lipinski definition) is 0. The lowest BCUT2D eigenvalue weighted by Crippen LogP contribution is -2.18. The molecule has 0 unspecified atom stereocenters. The molecule has 0 saturated heterocycles. The van der Waals surface area contributed by atoms with Crippen molar-refractivity contribution in [1.82, 2.24) is 19.5 Å². The van der Waals surface area contributed by atoms with Crippen LogP contribution in [0.15, 0.2) is 24.5 Å². The van der Waals surface area contributed by atoms with Gasteiger partial charge in [-0.15, -0.1) is 0 Å². The van der Waals surface area contributed by atoms with Crippen LogP contribution in [0.5, 0.6) is 0 Å². The number of aromatic nitrogens is 4. The van der Waals surface area contributed by atoms with Crippen molar-refractivity contribution in [3.8, 4) is 11.3 Å². The first-order chi connectivity index (χ1) is 10.6. The summed E-state index contributed by atoms with van der Waals surface area (Å²) in [4.78, 5) is 12.4. The van der Waals surface area contributed by atoms with Gasteiger partial charge in [-0.2, -0.15) is 0 Å². The highest BCUT2D eigenvalue weighted by atomic mass is 35.5. The quantitative estimate of drug-likeness (QED) is 0.661. The van der Waals surface area contributed by atoms with Crippen LogP contribution in [-0.4, -0.2) is 19.5 Å². The molecule has 0 radical (unpaired) electrons. The lowest BCUT2D eigenvalue weighted by Gasteiger charge is -2.28. The van der Waals surface area contributed by atoms with Crippen molar-refractivity contribution in [2.75, 3.05) is 0 Å². The minimum atomic E-state index is -0.330. The van der Waals surface area contributed by atoms with Gasteiger partial charge in [0, 0.05) is 17.7 Å². The normalized spacial score (nSPS) is 15.2. The van der Waals surface area contributed by atoms with E-state index in [2.05, 4.69) is 19.5 Å². The molecule has 2 aromatic heterocycles. The Hall–Kier alpha value is -2.01. The molecule has 3 aromatic rings. The molecule has 1 fully saturated rings. The molecule has 22 heavy (non-hydrogen) atoms. The summed E-state index contributed by atoms with van der Waals surface area (Å²) in [5, 5.41) is 0.342. The average Bonchev–Trinajstić information content (AvgIpc) is 2.75. The minimum absolute atomic E-state index is 0.330. The maximum absolute atomic E-state index is 14.5. The molecule has 4 nitrogen and oxygen atoms in total. The van der Waals surface area contributed by atoms with Crippen molar-refractivity contribution < 1.29 is 4.39 Å². The van der Waals surface area contributed by atoms with Crippen LogP contribution in [0.2, 0.25) is 5.15 Å². The maximum Gasteiger partial charge on any atom is 0.151 e. The van der Waals surface area contributed by atoms with Gasteiger partial charge in [-0.1, -0.05) is 11.6 Å². The molecule has 0 spiro atoms. The van der Waals surface area contributed by atoms with Gasteiger partial charge in [0.25, 0.3) is 0 Å². The third-order valence-corrected chi connectivity index (χ3v) is 4.50. The predicted octanol–water partition coefficient (Wildman–Crippen LogP) is 4.32. The molecule has 112 valence electrons. The minimum Gasteiger partial charge on any atom is -0.325 e. The predicted molar refractivity (Wildman–Crippen MR) is 83.4 cm³/mol. The fraction of sp³-hybridized carbons (Fsp3) is 0.312. The summed E-state index contributed by atoms with van der Waals surface area (Å²) < 4.78 is 16.6. The summed E-state index contributed by atoms with van der Waals surface area (Å²) in [6.45, 7) is 1.93. The fourth-order valence-electron chi connectivity index (χ4n) is 3.01. The standard InChI is InChI=1S/C16H14ClFN4/c1-9-21-16-12(18)5-10(13-7-15(17)20-8-19-13)6-14(16)22(9)11-3-2-4-11/h5-8,11H,2-4H2,1H3. The molecule has 0 aliphatic heterocycles. The average molecular weight is 317 g/mol. The fourth-order valence-corrected chi connectivity index (χ4v) is 3.16. The molecule has 1 aromatic carbocycles. The van der Waals surface area contributed by atoms with E-state index in [9.17, 15) is 4.39 Å². The monoisotopic (exact) mass is 316 g/mol. The first-order valence-electron chi connectivity index (χ1n) is 7.29. The first kappa shape index (κ1) is 13.6. The summed E-state index contributed by atoms with van der Waals surface area (Å²) >= 11 is 5.91. The van der Waals surface area contributed by atoms with E-state index in [4.69, 9.17) is 11.6 Å². The van der Waals surface area contributed by atoms with Gasteiger partial charge in [0.15, 0.2) is 5.82 Å². The lowest BCUT2D eigenvalue weighted by molar-refractivity contribution is 0.316. The Morgan fingerprint density at radius 3 is 2.73 bits per heavy atom. The Bertz CT molecular complexity index is 870. The zero-order chi connectivity index (χ0) is 15.3. The number of imidazole rings is 1. The lowest BCUT2D eigenvalue weighted by atomic mass is 9.92. The zero-order valence-electron chi connectivity index (χ0n) is 12.1. The van der Waals surface area contributed by atoms with Gasteiger partial charge in [0.1, 0.15) is 22.8 Å². The van der Waals surface area contributed by atoms with E-state index in [1.54, 1.807) is 6.07 Å². The van der Waals surface area contributed by atoms with Gasteiger partial charge >= 0.3 is 0 Å². The number of aryl methyl sites for hydroxylation is 1. The second-order valence-corrected chi connectivity index (χ2v) is 6.05. The number of halogens is 2. The molecule has 2 heterocycles. The molecule has 0 amide bonds. The Kier molecular flexibility index (Phi) is 3.11. The summed E-state index contributed by atoms with van der Waals surface area (Å²) in [6, 6.07) is 5.46. The van der Waals surface area contributed by atoms with Crippen molar-refractivity contribution in [2.45, 2.75) is 32.2 Å². The number of rotatable bonds is 2. The van der Waals surface area contributed by atoms with Crippen molar-refractivity contribution in [3.63, 3.8) is 0 Å². The highest BCUT2D eigenvalue weighted by Gasteiger charge is 2.24. The Morgan fingerprint density at radius 2 is 2.05 bits per heavy atom. The highest BCUT2D eigenvalue weighted by Crippen LogP contribution is 2.37. The van der Waals surface area contributed by atoms with Gasteiger partial charge in [-0.25, -0.2) is 19.3 Å². The number of hydrogen-bond acceptors (Lipinski definition) is 3. The molecule has 1 saturated carbocycles. The summed E-state index contributed by atoms with van der Waals surface area (Å²) in [6.07, 6.45) is 4.84. The van der Waals surface area contributed by atoms with Gasteiger partial charge in [-0.05, 0) is 38.3 Å². The molecule has 6 heteroatoms. The van der Waals surface area contributed by atoms with Gasteiger partial charge in [-0.3, -0.25) is 0 Å². The smallest absolute Gasteiger partial charge is 0.151 e. The zero-order valence-corrected chi connectivity index (χ0v) is 12.8. The molecule has 0 atom stereocenters. The van der Waals surface area contributed by atoms with Crippen LogP contribution in [0.4, 0.5) is 4.39 Å². The van der Waals surface area contributed by atoms with Crippen LogP contribution in [-0.2, 0) is 0 Å². The van der Waals surface area contributed by atoms with Crippen molar-refractivity contribution >= 4 is 22.6 Å². The number of fused-ring (bicyclic) bond motifs is 1. The Morgan fingerprint density at radius 1 is 1.23 bits per heavy atom. The van der Waals surface area contributed by atoms with Crippen LogP contribution in [0.3, 0.4) is 0 Å². The van der Waals surface area contributed by atoms with Gasteiger partial charge in [0.2, 0.25) is 0 Å². The van der Waals surface area contributed by atoms with E-state index in [0.717, 1.165) is 24.2 Å². The number of nitrogens with zero attached hydrogens (tertiary/aromatic N) is 4. The summed E-state index contributed by atoms with van der Waals surface area (Å²) in [5.74, 6) is 0.528. The third kappa shape index (κ3) is 2.08. The van der Waals surface area contributed by atoms with E-state index >= 15 is 0 Å². The van der Waals surface area contributed by atoms with Crippen LogP contribution in [0.25, 0.3) is 22.3 Å². The summed E-state index contributed by atoms with van der Waals surface area (Å²) in [7, 11) is 0. The van der Waals surface area contributed by atoms with Crippen LogP contribution < -0.4 is 0 Å². The topological polar surface area (TPSA) is 43.6 Å². The molecule has 1 aliphatic rings.